The first kappa shape index (κ1) is 19.1. The Hall–Kier alpha value is -1.63. The predicted octanol–water partition coefficient (Wildman–Crippen LogP) is 2.39. The summed E-state index contributed by atoms with van der Waals surface area (Å²) in [6.07, 6.45) is 3.36. The third-order valence-corrected chi connectivity index (χ3v) is 5.05. The molecule has 2 saturated heterocycles. The average Bonchev–Trinajstić information content (AvgIpc) is 3.28. The molecule has 1 aromatic carbocycles. The SMILES string of the molecule is O=C(NCCCOCC1CCCO1)C1CC(=O)N(c2ccccc2Cl)C1. The zero-order valence-corrected chi connectivity index (χ0v) is 15.5. The Balaban J connectivity index is 1.36. The number of anilines is 1. The van der Waals surface area contributed by atoms with Crippen molar-refractivity contribution in [1.82, 2.24) is 5.32 Å². The highest BCUT2D eigenvalue weighted by atomic mass is 35.5. The van der Waals surface area contributed by atoms with E-state index in [9.17, 15) is 9.59 Å². The summed E-state index contributed by atoms with van der Waals surface area (Å²) in [4.78, 5) is 26.1. The minimum atomic E-state index is -0.341. The summed E-state index contributed by atoms with van der Waals surface area (Å²) in [7, 11) is 0. The second-order valence-electron chi connectivity index (χ2n) is 6.71. The number of hydrogen-bond acceptors (Lipinski definition) is 4. The smallest absolute Gasteiger partial charge is 0.227 e. The average molecular weight is 381 g/mol. The summed E-state index contributed by atoms with van der Waals surface area (Å²) in [5.41, 5.74) is 0.664. The lowest BCUT2D eigenvalue weighted by atomic mass is 10.1. The van der Waals surface area contributed by atoms with Crippen LogP contribution in [-0.4, -0.2) is 50.8 Å². The van der Waals surface area contributed by atoms with E-state index in [-0.39, 0.29) is 30.3 Å². The van der Waals surface area contributed by atoms with E-state index < -0.39 is 0 Å². The van der Waals surface area contributed by atoms with Crippen molar-refractivity contribution >= 4 is 29.1 Å². The normalized spacial score (nSPS) is 22.8. The van der Waals surface area contributed by atoms with Crippen molar-refractivity contribution in [2.45, 2.75) is 31.8 Å². The molecule has 2 unspecified atom stereocenters. The molecule has 142 valence electrons. The van der Waals surface area contributed by atoms with E-state index in [1.165, 1.54) is 0 Å². The van der Waals surface area contributed by atoms with Gasteiger partial charge < -0.3 is 19.7 Å². The molecule has 0 spiro atoms. The molecule has 0 aliphatic carbocycles. The number of nitrogens with one attached hydrogen (secondary N) is 1. The molecule has 2 heterocycles. The van der Waals surface area contributed by atoms with E-state index in [1.54, 1.807) is 17.0 Å². The number of halogens is 1. The van der Waals surface area contributed by atoms with Gasteiger partial charge in [-0.15, -0.1) is 0 Å². The number of benzene rings is 1. The van der Waals surface area contributed by atoms with Crippen LogP contribution in [0, 0.1) is 5.92 Å². The number of amides is 2. The van der Waals surface area contributed by atoms with Crippen LogP contribution < -0.4 is 10.2 Å². The topological polar surface area (TPSA) is 67.9 Å². The van der Waals surface area contributed by atoms with Crippen LogP contribution >= 0.6 is 11.6 Å². The van der Waals surface area contributed by atoms with Crippen LogP contribution in [-0.2, 0) is 19.1 Å². The van der Waals surface area contributed by atoms with Crippen molar-refractivity contribution in [3.05, 3.63) is 29.3 Å². The van der Waals surface area contributed by atoms with Gasteiger partial charge in [-0.05, 0) is 31.4 Å². The van der Waals surface area contributed by atoms with Crippen LogP contribution in [0.1, 0.15) is 25.7 Å². The Kier molecular flexibility index (Phi) is 6.88. The van der Waals surface area contributed by atoms with E-state index in [1.807, 2.05) is 12.1 Å². The van der Waals surface area contributed by atoms with Crippen LogP contribution in [0.4, 0.5) is 5.69 Å². The molecule has 7 heteroatoms. The quantitative estimate of drug-likeness (QED) is 0.703. The Labute approximate surface area is 158 Å². The van der Waals surface area contributed by atoms with Crippen LogP contribution in [0.15, 0.2) is 24.3 Å². The molecule has 2 aliphatic heterocycles. The highest BCUT2D eigenvalue weighted by Gasteiger charge is 2.35. The monoisotopic (exact) mass is 380 g/mol. The van der Waals surface area contributed by atoms with Gasteiger partial charge in [0.25, 0.3) is 0 Å². The summed E-state index contributed by atoms with van der Waals surface area (Å²) in [6.45, 7) is 2.95. The van der Waals surface area contributed by atoms with Crippen LogP contribution in [0.25, 0.3) is 0 Å². The van der Waals surface area contributed by atoms with Gasteiger partial charge in [0, 0.05) is 32.7 Å². The summed E-state index contributed by atoms with van der Waals surface area (Å²) in [5, 5.41) is 3.42. The van der Waals surface area contributed by atoms with E-state index in [2.05, 4.69) is 5.32 Å². The first-order chi connectivity index (χ1) is 12.6. The van der Waals surface area contributed by atoms with Crippen LogP contribution in [0.3, 0.4) is 0 Å². The molecule has 2 amide bonds. The third-order valence-electron chi connectivity index (χ3n) is 4.73. The van der Waals surface area contributed by atoms with E-state index in [0.29, 0.717) is 37.0 Å². The van der Waals surface area contributed by atoms with Gasteiger partial charge in [0.15, 0.2) is 0 Å². The van der Waals surface area contributed by atoms with Crippen molar-refractivity contribution < 1.29 is 19.1 Å². The number of nitrogens with zero attached hydrogens (tertiary/aromatic N) is 1. The van der Waals surface area contributed by atoms with Crippen molar-refractivity contribution in [1.29, 1.82) is 0 Å². The molecule has 0 aromatic heterocycles. The largest absolute Gasteiger partial charge is 0.379 e. The minimum absolute atomic E-state index is 0.0712. The van der Waals surface area contributed by atoms with Gasteiger partial charge in [-0.2, -0.15) is 0 Å². The second-order valence-corrected chi connectivity index (χ2v) is 7.12. The molecule has 0 saturated carbocycles. The van der Waals surface area contributed by atoms with E-state index >= 15 is 0 Å². The van der Waals surface area contributed by atoms with Gasteiger partial charge in [-0.1, -0.05) is 23.7 Å². The fraction of sp³-hybridized carbons (Fsp3) is 0.579. The lowest BCUT2D eigenvalue weighted by molar-refractivity contribution is -0.126. The zero-order chi connectivity index (χ0) is 18.4. The van der Waals surface area contributed by atoms with E-state index in [4.69, 9.17) is 21.1 Å². The Morgan fingerprint density at radius 3 is 3.00 bits per heavy atom. The van der Waals surface area contributed by atoms with Crippen molar-refractivity contribution in [3.8, 4) is 0 Å². The molecule has 0 bridgehead atoms. The standard InChI is InChI=1S/C19H25ClN2O4/c20-16-6-1-2-7-17(16)22-12-14(11-18(22)23)19(24)21-8-4-9-25-13-15-5-3-10-26-15/h1-2,6-7,14-15H,3-5,8-13H2,(H,21,24). The molecule has 26 heavy (non-hydrogen) atoms. The molecular weight excluding hydrogens is 356 g/mol. The Morgan fingerprint density at radius 2 is 2.23 bits per heavy atom. The summed E-state index contributed by atoms with van der Waals surface area (Å²) < 4.78 is 11.1. The molecule has 2 atom stereocenters. The van der Waals surface area contributed by atoms with Crippen molar-refractivity contribution in [2.24, 2.45) is 5.92 Å². The van der Waals surface area contributed by atoms with Gasteiger partial charge in [0.2, 0.25) is 11.8 Å². The fourth-order valence-electron chi connectivity index (χ4n) is 3.31. The number of hydrogen-bond donors (Lipinski definition) is 1. The molecule has 6 nitrogen and oxygen atoms in total. The summed E-state index contributed by atoms with van der Waals surface area (Å²) in [5.74, 6) is -0.503. The maximum Gasteiger partial charge on any atom is 0.227 e. The van der Waals surface area contributed by atoms with Gasteiger partial charge in [0.05, 0.1) is 29.3 Å². The number of carbonyl (C=O) groups is 2. The zero-order valence-electron chi connectivity index (χ0n) is 14.8. The Morgan fingerprint density at radius 1 is 1.38 bits per heavy atom. The van der Waals surface area contributed by atoms with E-state index in [0.717, 1.165) is 25.9 Å². The molecule has 2 fully saturated rings. The van der Waals surface area contributed by atoms with Crippen LogP contribution in [0.5, 0.6) is 0 Å². The van der Waals surface area contributed by atoms with Gasteiger partial charge in [-0.25, -0.2) is 0 Å². The predicted molar refractivity (Wildman–Crippen MR) is 99.3 cm³/mol. The highest BCUT2D eigenvalue weighted by molar-refractivity contribution is 6.33. The minimum Gasteiger partial charge on any atom is -0.379 e. The highest BCUT2D eigenvalue weighted by Crippen LogP contribution is 2.30. The summed E-state index contributed by atoms with van der Waals surface area (Å²) in [6, 6.07) is 7.19. The first-order valence-electron chi connectivity index (χ1n) is 9.17. The molecule has 1 N–H and O–H groups in total. The third kappa shape index (κ3) is 4.96. The fourth-order valence-corrected chi connectivity index (χ4v) is 3.55. The lowest BCUT2D eigenvalue weighted by Gasteiger charge is -2.18. The lowest BCUT2D eigenvalue weighted by Crippen LogP contribution is -2.34. The number of rotatable bonds is 8. The van der Waals surface area contributed by atoms with Crippen LogP contribution in [0.2, 0.25) is 5.02 Å². The maximum atomic E-state index is 12.3. The van der Waals surface area contributed by atoms with Gasteiger partial charge in [-0.3, -0.25) is 9.59 Å². The van der Waals surface area contributed by atoms with Gasteiger partial charge in [0.1, 0.15) is 0 Å². The van der Waals surface area contributed by atoms with Crippen molar-refractivity contribution in [2.75, 3.05) is 37.8 Å². The molecule has 0 radical (unpaired) electrons. The second kappa shape index (κ2) is 9.35. The van der Waals surface area contributed by atoms with Crippen molar-refractivity contribution in [3.63, 3.8) is 0 Å². The van der Waals surface area contributed by atoms with Gasteiger partial charge >= 0.3 is 0 Å². The summed E-state index contributed by atoms with van der Waals surface area (Å²) >= 11 is 6.16. The number of carbonyl (C=O) groups excluding carboxylic acids is 2. The number of para-hydroxylation sites is 1. The molecule has 2 aliphatic rings. The molecule has 3 rings (SSSR count). The molecular formula is C19H25ClN2O4. The molecule has 1 aromatic rings. The maximum absolute atomic E-state index is 12.3. The Bertz CT molecular complexity index is 634. The number of ether oxygens (including phenoxy) is 2. The first-order valence-corrected chi connectivity index (χ1v) is 9.55.